The van der Waals surface area contributed by atoms with Gasteiger partial charge in [-0.25, -0.2) is 4.79 Å². The molecule has 0 bridgehead atoms. The van der Waals surface area contributed by atoms with Crippen LogP contribution >= 0.6 is 0 Å². The second-order valence-electron chi connectivity index (χ2n) is 6.93. The van der Waals surface area contributed by atoms with E-state index in [1.807, 2.05) is 21.0 Å². The molecule has 0 radical (unpaired) electrons. The summed E-state index contributed by atoms with van der Waals surface area (Å²) in [5.74, 6) is 0. The van der Waals surface area contributed by atoms with E-state index in [2.05, 4.69) is 29.4 Å². The van der Waals surface area contributed by atoms with Crippen LogP contribution in [0.5, 0.6) is 0 Å². The zero-order chi connectivity index (χ0) is 14.7. The van der Waals surface area contributed by atoms with Gasteiger partial charge in [0.1, 0.15) is 0 Å². The topological polar surface area (TPSA) is 64.6 Å². The Hall–Kier alpha value is -0.810. The molecular formula is C14H29N3O2. The van der Waals surface area contributed by atoms with Crippen LogP contribution in [0.1, 0.15) is 33.6 Å². The summed E-state index contributed by atoms with van der Waals surface area (Å²) in [6.07, 6.45) is 2.01. The lowest BCUT2D eigenvalue weighted by Crippen LogP contribution is -2.51. The predicted octanol–water partition coefficient (Wildman–Crippen LogP) is 1.03. The van der Waals surface area contributed by atoms with Crippen molar-refractivity contribution in [1.82, 2.24) is 15.5 Å². The lowest BCUT2D eigenvalue weighted by molar-refractivity contribution is 0.175. The van der Waals surface area contributed by atoms with E-state index in [-0.39, 0.29) is 29.5 Å². The molecule has 112 valence electrons. The number of amides is 2. The molecule has 0 aromatic heterocycles. The van der Waals surface area contributed by atoms with Crippen LogP contribution in [0.4, 0.5) is 4.79 Å². The van der Waals surface area contributed by atoms with Gasteiger partial charge in [-0.15, -0.1) is 0 Å². The van der Waals surface area contributed by atoms with Crippen molar-refractivity contribution < 1.29 is 9.90 Å². The number of aliphatic hydroxyl groups excluding tert-OH is 1. The Balaban J connectivity index is 2.34. The molecule has 0 spiro atoms. The summed E-state index contributed by atoms with van der Waals surface area (Å²) >= 11 is 0. The van der Waals surface area contributed by atoms with E-state index >= 15 is 0 Å². The van der Waals surface area contributed by atoms with E-state index in [1.54, 1.807) is 0 Å². The van der Waals surface area contributed by atoms with Crippen LogP contribution in [0.3, 0.4) is 0 Å². The van der Waals surface area contributed by atoms with Crippen molar-refractivity contribution in [3.05, 3.63) is 0 Å². The first-order chi connectivity index (χ1) is 8.71. The third kappa shape index (κ3) is 4.99. The number of carbonyl (C=O) groups excluding carboxylic acids is 1. The van der Waals surface area contributed by atoms with Crippen LogP contribution in [0, 0.1) is 10.8 Å². The van der Waals surface area contributed by atoms with Crippen molar-refractivity contribution in [2.75, 3.05) is 33.8 Å². The number of hydrogen-bond donors (Lipinski definition) is 3. The van der Waals surface area contributed by atoms with Gasteiger partial charge >= 0.3 is 6.03 Å². The highest BCUT2D eigenvalue weighted by atomic mass is 16.3. The minimum Gasteiger partial charge on any atom is -0.396 e. The quantitative estimate of drug-likeness (QED) is 0.648. The average Bonchev–Trinajstić information content (AvgIpc) is 3.05. The smallest absolute Gasteiger partial charge is 0.315 e. The van der Waals surface area contributed by atoms with E-state index in [0.717, 1.165) is 19.4 Å². The molecule has 1 aliphatic rings. The summed E-state index contributed by atoms with van der Waals surface area (Å²) in [5.41, 5.74) is -0.0329. The first-order valence-electron chi connectivity index (χ1n) is 7.01. The van der Waals surface area contributed by atoms with Crippen LogP contribution in [0.25, 0.3) is 0 Å². The summed E-state index contributed by atoms with van der Waals surface area (Å²) in [6.45, 7) is 7.96. The molecule has 1 saturated carbocycles. The van der Waals surface area contributed by atoms with Gasteiger partial charge in [-0.3, -0.25) is 0 Å². The number of aliphatic hydroxyl groups is 1. The fourth-order valence-electron chi connectivity index (χ4n) is 2.23. The molecular weight excluding hydrogens is 242 g/mol. The molecule has 5 nitrogen and oxygen atoms in total. The Morgan fingerprint density at radius 3 is 2.42 bits per heavy atom. The van der Waals surface area contributed by atoms with E-state index in [9.17, 15) is 9.90 Å². The Labute approximate surface area is 116 Å². The summed E-state index contributed by atoms with van der Waals surface area (Å²) in [7, 11) is 4.07. The van der Waals surface area contributed by atoms with Crippen LogP contribution in [0.2, 0.25) is 0 Å². The number of nitrogens with one attached hydrogen (secondary N) is 2. The maximum absolute atomic E-state index is 11.9. The third-order valence-electron chi connectivity index (χ3n) is 4.16. The molecule has 0 saturated heterocycles. The SMILES string of the molecule is CC(NC(=O)NCC1(CO)CC1)C(C)(C)CN(C)C. The zero-order valence-electron chi connectivity index (χ0n) is 12.9. The summed E-state index contributed by atoms with van der Waals surface area (Å²) in [4.78, 5) is 14.0. The van der Waals surface area contributed by atoms with Crippen LogP contribution in [-0.2, 0) is 0 Å². The maximum Gasteiger partial charge on any atom is 0.315 e. The molecule has 19 heavy (non-hydrogen) atoms. The second-order valence-corrected chi connectivity index (χ2v) is 6.93. The summed E-state index contributed by atoms with van der Waals surface area (Å²) < 4.78 is 0. The van der Waals surface area contributed by atoms with Crippen molar-refractivity contribution in [2.24, 2.45) is 10.8 Å². The molecule has 2 amide bonds. The summed E-state index contributed by atoms with van der Waals surface area (Å²) in [6, 6.07) is -0.0572. The van der Waals surface area contributed by atoms with Crippen molar-refractivity contribution in [2.45, 2.75) is 39.7 Å². The number of urea groups is 1. The average molecular weight is 271 g/mol. The predicted molar refractivity (Wildman–Crippen MR) is 77.1 cm³/mol. The monoisotopic (exact) mass is 271 g/mol. The molecule has 1 atom stereocenters. The minimum absolute atomic E-state index is 0.00901. The van der Waals surface area contributed by atoms with Crippen LogP contribution < -0.4 is 10.6 Å². The molecule has 1 aliphatic carbocycles. The van der Waals surface area contributed by atoms with Crippen molar-refractivity contribution in [3.8, 4) is 0 Å². The van der Waals surface area contributed by atoms with E-state index < -0.39 is 0 Å². The highest BCUT2D eigenvalue weighted by molar-refractivity contribution is 5.74. The van der Waals surface area contributed by atoms with Gasteiger partial charge in [0.25, 0.3) is 0 Å². The number of rotatable bonds is 7. The van der Waals surface area contributed by atoms with Crippen LogP contribution in [-0.4, -0.2) is 55.9 Å². The molecule has 1 rings (SSSR count). The molecule has 3 N–H and O–H groups in total. The van der Waals surface area contributed by atoms with Gasteiger partial charge < -0.3 is 20.6 Å². The molecule has 1 unspecified atom stereocenters. The fraction of sp³-hybridized carbons (Fsp3) is 0.929. The first-order valence-corrected chi connectivity index (χ1v) is 7.01. The fourth-order valence-corrected chi connectivity index (χ4v) is 2.23. The highest BCUT2D eigenvalue weighted by Crippen LogP contribution is 2.44. The van der Waals surface area contributed by atoms with Gasteiger partial charge in [0.2, 0.25) is 0 Å². The molecule has 0 aromatic rings. The van der Waals surface area contributed by atoms with Gasteiger partial charge in [-0.05, 0) is 39.3 Å². The van der Waals surface area contributed by atoms with Gasteiger partial charge in [0, 0.05) is 24.5 Å². The highest BCUT2D eigenvalue weighted by Gasteiger charge is 2.42. The molecule has 1 fully saturated rings. The number of carbonyl (C=O) groups is 1. The van der Waals surface area contributed by atoms with Gasteiger partial charge in [0.15, 0.2) is 0 Å². The Kier molecular flexibility index (Phi) is 5.21. The number of nitrogens with zero attached hydrogens (tertiary/aromatic N) is 1. The standard InChI is InChI=1S/C14H29N3O2/c1-11(13(2,3)9-17(4)5)16-12(19)15-8-14(10-18)6-7-14/h11,18H,6-10H2,1-5H3,(H2,15,16,19). The van der Waals surface area contributed by atoms with Crippen molar-refractivity contribution in [1.29, 1.82) is 0 Å². The molecule has 0 aliphatic heterocycles. The third-order valence-corrected chi connectivity index (χ3v) is 4.16. The largest absolute Gasteiger partial charge is 0.396 e. The van der Waals surface area contributed by atoms with E-state index in [4.69, 9.17) is 0 Å². The van der Waals surface area contributed by atoms with Gasteiger partial charge in [-0.2, -0.15) is 0 Å². The summed E-state index contributed by atoms with van der Waals surface area (Å²) in [5, 5.41) is 15.1. The first kappa shape index (κ1) is 16.2. The number of hydrogen-bond acceptors (Lipinski definition) is 3. The molecule has 0 aromatic carbocycles. The molecule has 0 heterocycles. The van der Waals surface area contributed by atoms with Crippen LogP contribution in [0.15, 0.2) is 0 Å². The molecule has 5 heteroatoms. The normalized spacial score (nSPS) is 19.1. The Bertz CT molecular complexity index is 312. The van der Waals surface area contributed by atoms with Crippen molar-refractivity contribution >= 4 is 6.03 Å². The van der Waals surface area contributed by atoms with E-state index in [1.165, 1.54) is 0 Å². The lowest BCUT2D eigenvalue weighted by atomic mass is 9.85. The Morgan fingerprint density at radius 2 is 2.00 bits per heavy atom. The maximum atomic E-state index is 11.9. The van der Waals surface area contributed by atoms with Gasteiger partial charge in [0.05, 0.1) is 6.61 Å². The van der Waals surface area contributed by atoms with Gasteiger partial charge in [-0.1, -0.05) is 13.8 Å². The lowest BCUT2D eigenvalue weighted by Gasteiger charge is -2.35. The Morgan fingerprint density at radius 1 is 1.42 bits per heavy atom. The second kappa shape index (κ2) is 6.09. The van der Waals surface area contributed by atoms with E-state index in [0.29, 0.717) is 6.54 Å². The zero-order valence-corrected chi connectivity index (χ0v) is 12.9. The minimum atomic E-state index is -0.140. The van der Waals surface area contributed by atoms with Crippen molar-refractivity contribution in [3.63, 3.8) is 0 Å².